The summed E-state index contributed by atoms with van der Waals surface area (Å²) in [5, 5.41) is 2.71. The van der Waals surface area contributed by atoms with Crippen LogP contribution in [-0.2, 0) is 27.3 Å². The molecular weight excluding hydrogens is 334 g/mol. The predicted octanol–water partition coefficient (Wildman–Crippen LogP) is 2.50. The maximum Gasteiger partial charge on any atom is 0.306 e. The highest BCUT2D eigenvalue weighted by atomic mass is 16.5. The highest BCUT2D eigenvalue weighted by molar-refractivity contribution is 5.80. The predicted molar refractivity (Wildman–Crippen MR) is 97.1 cm³/mol. The first kappa shape index (κ1) is 19.3. The summed E-state index contributed by atoms with van der Waals surface area (Å²) in [6.45, 7) is 0.0604. The van der Waals surface area contributed by atoms with Gasteiger partial charge in [0.25, 0.3) is 5.91 Å². The smallest absolute Gasteiger partial charge is 0.306 e. The molecule has 2 rings (SSSR count). The minimum absolute atomic E-state index is 0.218. The Bertz CT molecular complexity index is 727. The van der Waals surface area contributed by atoms with E-state index in [2.05, 4.69) is 5.32 Å². The van der Waals surface area contributed by atoms with Gasteiger partial charge >= 0.3 is 5.97 Å². The van der Waals surface area contributed by atoms with Gasteiger partial charge in [-0.2, -0.15) is 0 Å². The van der Waals surface area contributed by atoms with E-state index in [1.165, 1.54) is 0 Å². The van der Waals surface area contributed by atoms with E-state index in [-0.39, 0.29) is 18.9 Å². The van der Waals surface area contributed by atoms with Crippen LogP contribution in [0.2, 0.25) is 0 Å². The average Bonchev–Trinajstić information content (AvgIpc) is 2.69. The van der Waals surface area contributed by atoms with E-state index in [1.807, 2.05) is 48.5 Å². The molecule has 2 aromatic carbocycles. The third-order valence-electron chi connectivity index (χ3n) is 3.76. The normalized spacial score (nSPS) is 10.1. The summed E-state index contributed by atoms with van der Waals surface area (Å²) in [5.41, 5.74) is 1.91. The molecular formula is C20H23NO5. The summed E-state index contributed by atoms with van der Waals surface area (Å²) in [7, 11) is 3.19. The van der Waals surface area contributed by atoms with Crippen molar-refractivity contribution >= 4 is 11.9 Å². The van der Waals surface area contributed by atoms with Crippen molar-refractivity contribution in [3.8, 4) is 11.5 Å². The molecule has 0 saturated heterocycles. The van der Waals surface area contributed by atoms with Crippen LogP contribution in [-0.4, -0.2) is 32.7 Å². The summed E-state index contributed by atoms with van der Waals surface area (Å²) in [6.07, 6.45) is 0.768. The molecule has 2 aromatic rings. The maximum absolute atomic E-state index is 11.8. The number of nitrogens with one attached hydrogen (secondary N) is 1. The van der Waals surface area contributed by atoms with E-state index in [1.54, 1.807) is 14.2 Å². The summed E-state index contributed by atoms with van der Waals surface area (Å²) < 4.78 is 15.2. The van der Waals surface area contributed by atoms with Crippen molar-refractivity contribution in [2.45, 2.75) is 19.4 Å². The number of rotatable bonds is 9. The average molecular weight is 357 g/mol. The lowest BCUT2D eigenvalue weighted by Crippen LogP contribution is -2.28. The highest BCUT2D eigenvalue weighted by Gasteiger charge is 2.08. The van der Waals surface area contributed by atoms with Crippen molar-refractivity contribution < 1.29 is 23.8 Å². The molecule has 0 fully saturated rings. The Labute approximate surface area is 153 Å². The molecule has 6 nitrogen and oxygen atoms in total. The fourth-order valence-corrected chi connectivity index (χ4v) is 2.29. The lowest BCUT2D eigenvalue weighted by molar-refractivity contribution is -0.148. The minimum atomic E-state index is -0.405. The van der Waals surface area contributed by atoms with Gasteiger partial charge in [0.2, 0.25) is 0 Å². The number of ether oxygens (including phenoxy) is 3. The maximum atomic E-state index is 11.8. The van der Waals surface area contributed by atoms with Crippen LogP contribution in [0, 0.1) is 0 Å². The van der Waals surface area contributed by atoms with Crippen molar-refractivity contribution in [1.82, 2.24) is 5.32 Å². The Hall–Kier alpha value is -3.02. The molecule has 6 heteroatoms. The molecule has 0 unspecified atom stereocenters. The fourth-order valence-electron chi connectivity index (χ4n) is 2.29. The zero-order valence-corrected chi connectivity index (χ0v) is 15.0. The van der Waals surface area contributed by atoms with Crippen LogP contribution in [0.3, 0.4) is 0 Å². The van der Waals surface area contributed by atoms with E-state index in [0.717, 1.165) is 22.6 Å². The van der Waals surface area contributed by atoms with E-state index in [0.29, 0.717) is 13.0 Å². The first-order chi connectivity index (χ1) is 12.6. The van der Waals surface area contributed by atoms with Gasteiger partial charge in [-0.25, -0.2) is 0 Å². The third kappa shape index (κ3) is 6.47. The molecule has 0 atom stereocenters. The number of amides is 1. The zero-order valence-electron chi connectivity index (χ0n) is 15.0. The first-order valence-corrected chi connectivity index (χ1v) is 8.29. The molecule has 0 radical (unpaired) electrons. The lowest BCUT2D eigenvalue weighted by Gasteiger charge is -2.08. The molecule has 0 heterocycles. The third-order valence-corrected chi connectivity index (χ3v) is 3.76. The van der Waals surface area contributed by atoms with Gasteiger partial charge in [0, 0.05) is 13.0 Å². The second-order valence-electron chi connectivity index (χ2n) is 5.64. The molecule has 1 amide bonds. The fraction of sp³-hybridized carbons (Fsp3) is 0.300. The van der Waals surface area contributed by atoms with E-state index < -0.39 is 5.97 Å². The SMILES string of the molecule is COc1ccc(CCC(=O)OCC(=O)NCc2cccc(OC)c2)cc1. The Morgan fingerprint density at radius 2 is 1.65 bits per heavy atom. The van der Waals surface area contributed by atoms with Crippen molar-refractivity contribution in [3.05, 3.63) is 59.7 Å². The second-order valence-corrected chi connectivity index (χ2v) is 5.64. The van der Waals surface area contributed by atoms with Crippen molar-refractivity contribution in [3.63, 3.8) is 0 Å². The topological polar surface area (TPSA) is 73.9 Å². The molecule has 1 N–H and O–H groups in total. The van der Waals surface area contributed by atoms with Gasteiger partial charge in [-0.05, 0) is 41.8 Å². The van der Waals surface area contributed by atoms with Crippen molar-refractivity contribution in [2.24, 2.45) is 0 Å². The Balaban J connectivity index is 1.66. The Kier molecular flexibility index (Phi) is 7.49. The van der Waals surface area contributed by atoms with Crippen LogP contribution in [0.5, 0.6) is 11.5 Å². The quantitative estimate of drug-likeness (QED) is 0.698. The van der Waals surface area contributed by atoms with Gasteiger partial charge in [-0.15, -0.1) is 0 Å². The number of aryl methyl sites for hydroxylation is 1. The molecule has 0 bridgehead atoms. The molecule has 0 saturated carbocycles. The molecule has 0 aliphatic carbocycles. The molecule has 138 valence electrons. The van der Waals surface area contributed by atoms with Crippen LogP contribution in [0.25, 0.3) is 0 Å². The minimum Gasteiger partial charge on any atom is -0.497 e. The molecule has 0 aliphatic rings. The number of carbonyl (C=O) groups is 2. The van der Waals surface area contributed by atoms with Gasteiger partial charge < -0.3 is 19.5 Å². The van der Waals surface area contributed by atoms with Gasteiger partial charge in [-0.3, -0.25) is 9.59 Å². The van der Waals surface area contributed by atoms with Crippen LogP contribution in [0.4, 0.5) is 0 Å². The number of hydrogen-bond acceptors (Lipinski definition) is 5. The summed E-state index contributed by atoms with van der Waals surface area (Å²) in [6, 6.07) is 14.9. The molecule has 0 aromatic heterocycles. The van der Waals surface area contributed by atoms with Crippen LogP contribution < -0.4 is 14.8 Å². The highest BCUT2D eigenvalue weighted by Crippen LogP contribution is 2.13. The summed E-state index contributed by atoms with van der Waals surface area (Å²) in [5.74, 6) is 0.744. The van der Waals surface area contributed by atoms with E-state index >= 15 is 0 Å². The van der Waals surface area contributed by atoms with E-state index in [4.69, 9.17) is 14.2 Å². The van der Waals surface area contributed by atoms with Gasteiger partial charge in [0.15, 0.2) is 6.61 Å². The second kappa shape index (κ2) is 10.1. The molecule has 0 spiro atoms. The Morgan fingerprint density at radius 3 is 2.35 bits per heavy atom. The summed E-state index contributed by atoms with van der Waals surface area (Å²) in [4.78, 5) is 23.5. The largest absolute Gasteiger partial charge is 0.497 e. The number of hydrogen-bond donors (Lipinski definition) is 1. The van der Waals surface area contributed by atoms with Crippen LogP contribution in [0.15, 0.2) is 48.5 Å². The molecule has 26 heavy (non-hydrogen) atoms. The number of methoxy groups -OCH3 is 2. The van der Waals surface area contributed by atoms with Gasteiger partial charge in [0.1, 0.15) is 11.5 Å². The van der Waals surface area contributed by atoms with Crippen LogP contribution in [0.1, 0.15) is 17.5 Å². The van der Waals surface area contributed by atoms with Gasteiger partial charge in [-0.1, -0.05) is 24.3 Å². The number of carbonyl (C=O) groups excluding carboxylic acids is 2. The summed E-state index contributed by atoms with van der Waals surface area (Å²) >= 11 is 0. The standard InChI is InChI=1S/C20H23NO5/c1-24-17-9-6-15(7-10-17)8-11-20(23)26-14-19(22)21-13-16-4-3-5-18(12-16)25-2/h3-7,9-10,12H,8,11,13-14H2,1-2H3,(H,21,22). The number of esters is 1. The Morgan fingerprint density at radius 1 is 0.923 bits per heavy atom. The monoisotopic (exact) mass is 357 g/mol. The lowest BCUT2D eigenvalue weighted by atomic mass is 10.1. The van der Waals surface area contributed by atoms with Crippen molar-refractivity contribution in [1.29, 1.82) is 0 Å². The van der Waals surface area contributed by atoms with Gasteiger partial charge in [0.05, 0.1) is 14.2 Å². The van der Waals surface area contributed by atoms with E-state index in [9.17, 15) is 9.59 Å². The molecule has 0 aliphatic heterocycles. The van der Waals surface area contributed by atoms with Crippen molar-refractivity contribution in [2.75, 3.05) is 20.8 Å². The number of benzene rings is 2. The zero-order chi connectivity index (χ0) is 18.8. The first-order valence-electron chi connectivity index (χ1n) is 8.29. The van der Waals surface area contributed by atoms with Crippen LogP contribution >= 0.6 is 0 Å².